The molecule has 1 unspecified atom stereocenters. The first-order valence-electron chi connectivity index (χ1n) is 22.8. The van der Waals surface area contributed by atoms with Crippen molar-refractivity contribution in [1.29, 1.82) is 0 Å². The average molecular weight is 747 g/mol. The van der Waals surface area contributed by atoms with Crippen LogP contribution in [0.5, 0.6) is 0 Å². The molecule has 0 amide bonds. The van der Waals surface area contributed by atoms with Crippen LogP contribution in [0.1, 0.15) is 239 Å². The molecule has 0 radical (unpaired) electrons. The monoisotopic (exact) mass is 747 g/mol. The predicted molar refractivity (Wildman–Crippen MR) is 224 cm³/mol. The van der Waals surface area contributed by atoms with Crippen LogP contribution >= 0.6 is 0 Å². The fourth-order valence-corrected chi connectivity index (χ4v) is 6.49. The average Bonchev–Trinajstić information content (AvgIpc) is 3.15. The van der Waals surface area contributed by atoms with Crippen LogP contribution < -0.4 is 0 Å². The maximum atomic E-state index is 12.7. The standard InChI is InChI=1S/C47H86O6/c1-4-7-10-13-16-19-22-23-26-28-31-34-37-40-46(49)52-43-44(53-47(50)41-38-35-32-29-25-21-18-15-12-9-6-3)42-51-45(48)39-36-33-30-27-24-20-17-14-11-8-5-2/h23,26,31,34,44H,4-22,24-25,27-30,32-33,35-43H2,1-3H3/b26-23-,34-31-. The summed E-state index contributed by atoms with van der Waals surface area (Å²) in [7, 11) is 0. The van der Waals surface area contributed by atoms with Gasteiger partial charge in [0.25, 0.3) is 0 Å². The minimum Gasteiger partial charge on any atom is -0.462 e. The van der Waals surface area contributed by atoms with Crippen LogP contribution in [0, 0.1) is 0 Å². The molecule has 0 heterocycles. The zero-order valence-electron chi connectivity index (χ0n) is 35.3. The highest BCUT2D eigenvalue weighted by Gasteiger charge is 2.19. The third kappa shape index (κ3) is 40.9. The number of esters is 3. The molecule has 0 spiro atoms. The molecule has 53 heavy (non-hydrogen) atoms. The normalized spacial score (nSPS) is 12.1. The van der Waals surface area contributed by atoms with Crippen LogP contribution in [-0.4, -0.2) is 37.2 Å². The van der Waals surface area contributed by atoms with Crippen molar-refractivity contribution in [3.8, 4) is 0 Å². The van der Waals surface area contributed by atoms with Crippen LogP contribution in [0.2, 0.25) is 0 Å². The van der Waals surface area contributed by atoms with Gasteiger partial charge in [-0.25, -0.2) is 0 Å². The van der Waals surface area contributed by atoms with Gasteiger partial charge in [0.2, 0.25) is 0 Å². The molecule has 0 aliphatic heterocycles. The Morgan fingerprint density at radius 1 is 0.377 bits per heavy atom. The molecule has 0 saturated carbocycles. The number of carbonyl (C=O) groups is 3. The first-order chi connectivity index (χ1) is 26.0. The maximum Gasteiger partial charge on any atom is 0.306 e. The molecule has 0 aromatic rings. The Bertz CT molecular complexity index is 865. The Morgan fingerprint density at radius 2 is 0.717 bits per heavy atom. The molecule has 6 heteroatoms. The summed E-state index contributed by atoms with van der Waals surface area (Å²) in [5.74, 6) is -0.951. The molecule has 6 nitrogen and oxygen atoms in total. The number of allylic oxidation sites excluding steroid dienone is 4. The van der Waals surface area contributed by atoms with Gasteiger partial charge in [-0.05, 0) is 38.5 Å². The lowest BCUT2D eigenvalue weighted by Gasteiger charge is -2.18. The Morgan fingerprint density at radius 3 is 1.15 bits per heavy atom. The van der Waals surface area contributed by atoms with Crippen molar-refractivity contribution >= 4 is 17.9 Å². The summed E-state index contributed by atoms with van der Waals surface area (Å²) in [6.45, 7) is 6.56. The van der Waals surface area contributed by atoms with Gasteiger partial charge in [-0.2, -0.15) is 0 Å². The number of carbonyl (C=O) groups excluding carboxylic acids is 3. The third-order valence-electron chi connectivity index (χ3n) is 9.97. The molecule has 0 saturated heterocycles. The number of hydrogen-bond donors (Lipinski definition) is 0. The van der Waals surface area contributed by atoms with Crippen molar-refractivity contribution in [3.05, 3.63) is 24.3 Å². The summed E-state index contributed by atoms with van der Waals surface area (Å²) in [5, 5.41) is 0. The molecule has 0 aromatic carbocycles. The molecule has 0 N–H and O–H groups in total. The van der Waals surface area contributed by atoms with E-state index in [0.717, 1.165) is 51.4 Å². The van der Waals surface area contributed by atoms with E-state index < -0.39 is 6.10 Å². The summed E-state index contributed by atoms with van der Waals surface area (Å²) in [4.78, 5) is 37.6. The molecule has 310 valence electrons. The van der Waals surface area contributed by atoms with Gasteiger partial charge in [-0.3, -0.25) is 14.4 Å². The van der Waals surface area contributed by atoms with Gasteiger partial charge in [0, 0.05) is 19.3 Å². The van der Waals surface area contributed by atoms with Gasteiger partial charge in [-0.15, -0.1) is 0 Å². The maximum absolute atomic E-state index is 12.7. The van der Waals surface area contributed by atoms with E-state index in [2.05, 4.69) is 39.0 Å². The molecular weight excluding hydrogens is 661 g/mol. The fourth-order valence-electron chi connectivity index (χ4n) is 6.49. The van der Waals surface area contributed by atoms with Gasteiger partial charge in [0.15, 0.2) is 6.10 Å². The second-order valence-corrected chi connectivity index (χ2v) is 15.3. The molecule has 0 bridgehead atoms. The van der Waals surface area contributed by atoms with Gasteiger partial charge >= 0.3 is 17.9 Å². The number of ether oxygens (including phenoxy) is 3. The Labute approximate surface area is 328 Å². The van der Waals surface area contributed by atoms with Crippen LogP contribution in [0.25, 0.3) is 0 Å². The summed E-state index contributed by atoms with van der Waals surface area (Å²) in [6.07, 6.45) is 46.0. The number of rotatable bonds is 41. The number of unbranched alkanes of at least 4 members (excludes halogenated alkanes) is 26. The van der Waals surface area contributed by atoms with E-state index in [9.17, 15) is 14.4 Å². The van der Waals surface area contributed by atoms with Crippen LogP contribution in [-0.2, 0) is 28.6 Å². The molecular formula is C47H86O6. The van der Waals surface area contributed by atoms with Gasteiger partial charge < -0.3 is 14.2 Å². The third-order valence-corrected chi connectivity index (χ3v) is 9.97. The van der Waals surface area contributed by atoms with Crippen LogP contribution in [0.4, 0.5) is 0 Å². The zero-order valence-corrected chi connectivity index (χ0v) is 35.3. The molecule has 0 rings (SSSR count). The Balaban J connectivity index is 4.42. The molecule has 1 atom stereocenters. The highest BCUT2D eigenvalue weighted by molar-refractivity contribution is 5.71. The zero-order chi connectivity index (χ0) is 38.7. The molecule has 0 aliphatic carbocycles. The second kappa shape index (κ2) is 42.6. The Kier molecular flexibility index (Phi) is 40.9. The van der Waals surface area contributed by atoms with Gasteiger partial charge in [0.1, 0.15) is 13.2 Å². The second-order valence-electron chi connectivity index (χ2n) is 15.3. The topological polar surface area (TPSA) is 78.9 Å². The van der Waals surface area contributed by atoms with Crippen molar-refractivity contribution in [2.75, 3.05) is 13.2 Å². The van der Waals surface area contributed by atoms with Gasteiger partial charge in [0.05, 0.1) is 0 Å². The SMILES string of the molecule is CCCCCCCC/C=C\C/C=C\CCC(=O)OCC(COC(=O)CCCCCCCCCCCCC)OC(=O)CCCCCCCCCCCCC. The van der Waals surface area contributed by atoms with E-state index >= 15 is 0 Å². The molecule has 0 fully saturated rings. The van der Waals surface area contributed by atoms with Crippen molar-refractivity contribution in [2.45, 2.75) is 245 Å². The van der Waals surface area contributed by atoms with E-state index in [1.807, 2.05) is 6.08 Å². The van der Waals surface area contributed by atoms with Crippen molar-refractivity contribution in [3.63, 3.8) is 0 Å². The van der Waals surface area contributed by atoms with E-state index in [1.165, 1.54) is 141 Å². The van der Waals surface area contributed by atoms with Crippen molar-refractivity contribution < 1.29 is 28.6 Å². The first-order valence-corrected chi connectivity index (χ1v) is 22.8. The predicted octanol–water partition coefficient (Wildman–Crippen LogP) is 14.4. The van der Waals surface area contributed by atoms with Crippen LogP contribution in [0.15, 0.2) is 24.3 Å². The molecule has 0 aliphatic rings. The van der Waals surface area contributed by atoms with E-state index in [4.69, 9.17) is 14.2 Å². The highest BCUT2D eigenvalue weighted by atomic mass is 16.6. The lowest BCUT2D eigenvalue weighted by Crippen LogP contribution is -2.30. The largest absolute Gasteiger partial charge is 0.462 e. The highest BCUT2D eigenvalue weighted by Crippen LogP contribution is 2.15. The fraction of sp³-hybridized carbons (Fsp3) is 0.851. The van der Waals surface area contributed by atoms with Gasteiger partial charge in [-0.1, -0.05) is 206 Å². The van der Waals surface area contributed by atoms with E-state index in [1.54, 1.807) is 0 Å². The van der Waals surface area contributed by atoms with Crippen LogP contribution in [0.3, 0.4) is 0 Å². The number of hydrogen-bond acceptors (Lipinski definition) is 6. The van der Waals surface area contributed by atoms with E-state index in [0.29, 0.717) is 19.3 Å². The van der Waals surface area contributed by atoms with Crippen molar-refractivity contribution in [2.24, 2.45) is 0 Å². The summed E-state index contributed by atoms with van der Waals surface area (Å²) in [5.41, 5.74) is 0. The summed E-state index contributed by atoms with van der Waals surface area (Å²) < 4.78 is 16.6. The lowest BCUT2D eigenvalue weighted by molar-refractivity contribution is -0.166. The quantitative estimate of drug-likeness (QED) is 0.0268. The minimum atomic E-state index is -0.784. The van der Waals surface area contributed by atoms with Crippen molar-refractivity contribution in [1.82, 2.24) is 0 Å². The minimum absolute atomic E-state index is 0.0842. The Hall–Kier alpha value is -2.11. The summed E-state index contributed by atoms with van der Waals surface area (Å²) in [6, 6.07) is 0. The van der Waals surface area contributed by atoms with E-state index in [-0.39, 0.29) is 37.5 Å². The lowest BCUT2D eigenvalue weighted by atomic mass is 10.1. The molecule has 0 aromatic heterocycles. The first kappa shape index (κ1) is 50.9. The summed E-state index contributed by atoms with van der Waals surface area (Å²) >= 11 is 0. The smallest absolute Gasteiger partial charge is 0.306 e.